The van der Waals surface area contributed by atoms with Crippen molar-refractivity contribution in [2.45, 2.75) is 5.92 Å². The minimum atomic E-state index is -0.992. The van der Waals surface area contributed by atoms with Gasteiger partial charge >= 0.3 is 5.97 Å². The third-order valence-electron chi connectivity index (χ3n) is 5.11. The van der Waals surface area contributed by atoms with Crippen LogP contribution in [0.5, 0.6) is 0 Å². The molecule has 0 saturated carbocycles. The second kappa shape index (κ2) is 7.76. The molecule has 1 unspecified atom stereocenters. The normalized spacial score (nSPS) is 16.1. The lowest BCUT2D eigenvalue weighted by atomic mass is 10.0. The predicted molar refractivity (Wildman–Crippen MR) is 112 cm³/mol. The number of thiazole rings is 1. The van der Waals surface area contributed by atoms with Gasteiger partial charge in [-0.15, -0.1) is 11.3 Å². The lowest BCUT2D eigenvalue weighted by Gasteiger charge is -2.33. The van der Waals surface area contributed by atoms with Crippen LogP contribution in [0.15, 0.2) is 36.5 Å². The molecule has 0 spiro atoms. The van der Waals surface area contributed by atoms with E-state index in [1.54, 1.807) is 30.5 Å². The van der Waals surface area contributed by atoms with Gasteiger partial charge in [-0.1, -0.05) is 6.07 Å². The summed E-state index contributed by atoms with van der Waals surface area (Å²) in [5, 5.41) is 10.3. The summed E-state index contributed by atoms with van der Waals surface area (Å²) in [7, 11) is 2.09. The van der Waals surface area contributed by atoms with Crippen LogP contribution in [0.1, 0.15) is 26.8 Å². The number of carbonyl (C=O) groups excluding carboxylic acids is 1. The summed E-state index contributed by atoms with van der Waals surface area (Å²) < 4.78 is 0.726. The Bertz CT molecular complexity index is 1060. The van der Waals surface area contributed by atoms with Gasteiger partial charge < -0.3 is 20.6 Å². The summed E-state index contributed by atoms with van der Waals surface area (Å²) in [5.74, 6) is -1.59. The van der Waals surface area contributed by atoms with Crippen LogP contribution >= 0.6 is 11.3 Å². The number of nitrogens with two attached hydrogens (primary N) is 1. The van der Waals surface area contributed by atoms with Gasteiger partial charge in [0.15, 0.2) is 0 Å². The van der Waals surface area contributed by atoms with Crippen molar-refractivity contribution in [3.63, 3.8) is 0 Å². The number of anilines is 1. The number of carboxylic acid groups (broad SMARTS) is 1. The van der Waals surface area contributed by atoms with Crippen LogP contribution in [0.25, 0.3) is 10.2 Å². The van der Waals surface area contributed by atoms with Crippen molar-refractivity contribution < 1.29 is 14.7 Å². The van der Waals surface area contributed by atoms with Crippen molar-refractivity contribution in [2.24, 2.45) is 5.73 Å². The maximum Gasteiger partial charge on any atom is 0.318 e. The Hall–Kier alpha value is -3.04. The lowest BCUT2D eigenvalue weighted by molar-refractivity contribution is -0.137. The number of primary amides is 1. The Balaban J connectivity index is 1.63. The maximum absolute atomic E-state index is 12.0. The van der Waals surface area contributed by atoms with E-state index in [0.717, 1.165) is 36.7 Å². The van der Waals surface area contributed by atoms with Gasteiger partial charge in [0.1, 0.15) is 16.7 Å². The van der Waals surface area contributed by atoms with Crippen LogP contribution in [-0.4, -0.2) is 65.1 Å². The predicted octanol–water partition coefficient (Wildman–Crippen LogP) is 1.76. The average molecular weight is 411 g/mol. The van der Waals surface area contributed by atoms with Gasteiger partial charge in [0.2, 0.25) is 5.91 Å². The molecule has 1 fully saturated rings. The van der Waals surface area contributed by atoms with Crippen molar-refractivity contribution >= 4 is 39.2 Å². The SMILES string of the molecule is CN1CCN(c2ccc(C(C(=O)O)c3nc4ccc(C(N)=O)cc4s3)cn2)CC1. The zero-order valence-electron chi connectivity index (χ0n) is 15.9. The first kappa shape index (κ1) is 19.3. The molecule has 2 aromatic heterocycles. The standard InChI is InChI=1S/C20H21N5O3S/c1-24-6-8-25(9-7-24)16-5-3-13(11-22-16)17(20(27)28)19-23-14-4-2-12(18(21)26)10-15(14)29-19/h2-5,10-11,17H,6-9H2,1H3,(H2,21,26)(H,27,28). The number of carbonyl (C=O) groups is 2. The van der Waals surface area contributed by atoms with E-state index in [-0.39, 0.29) is 0 Å². The molecule has 150 valence electrons. The highest BCUT2D eigenvalue weighted by Gasteiger charge is 2.27. The molecule has 3 N–H and O–H groups in total. The molecule has 1 aromatic carbocycles. The largest absolute Gasteiger partial charge is 0.480 e. The summed E-state index contributed by atoms with van der Waals surface area (Å²) >= 11 is 1.25. The Morgan fingerprint density at radius 3 is 2.55 bits per heavy atom. The van der Waals surface area contributed by atoms with Crippen molar-refractivity contribution in [2.75, 3.05) is 38.1 Å². The number of nitrogens with zero attached hydrogens (tertiary/aromatic N) is 4. The number of aromatic nitrogens is 2. The Morgan fingerprint density at radius 1 is 1.17 bits per heavy atom. The van der Waals surface area contributed by atoms with E-state index < -0.39 is 17.8 Å². The zero-order valence-corrected chi connectivity index (χ0v) is 16.7. The molecule has 9 heteroatoms. The molecule has 1 aliphatic rings. The first-order valence-electron chi connectivity index (χ1n) is 9.25. The van der Waals surface area contributed by atoms with Crippen molar-refractivity contribution in [1.82, 2.24) is 14.9 Å². The second-order valence-electron chi connectivity index (χ2n) is 7.11. The first-order chi connectivity index (χ1) is 13.9. The summed E-state index contributed by atoms with van der Waals surface area (Å²) in [6.07, 6.45) is 1.62. The summed E-state index contributed by atoms with van der Waals surface area (Å²) in [6, 6.07) is 8.60. The minimum absolute atomic E-state index is 0.373. The van der Waals surface area contributed by atoms with Gasteiger partial charge in [0, 0.05) is 37.9 Å². The van der Waals surface area contributed by atoms with Crippen LogP contribution in [0.2, 0.25) is 0 Å². The maximum atomic E-state index is 12.0. The van der Waals surface area contributed by atoms with Gasteiger partial charge in [-0.3, -0.25) is 9.59 Å². The highest BCUT2D eigenvalue weighted by molar-refractivity contribution is 7.18. The summed E-state index contributed by atoms with van der Waals surface area (Å²) in [5.41, 5.74) is 6.92. The molecular formula is C20H21N5O3S. The molecule has 0 aliphatic carbocycles. The number of aliphatic carboxylic acids is 1. The van der Waals surface area contributed by atoms with Crippen molar-refractivity contribution in [1.29, 1.82) is 0 Å². The third kappa shape index (κ3) is 3.92. The number of carboxylic acids is 1. The first-order valence-corrected chi connectivity index (χ1v) is 10.1. The number of piperazine rings is 1. The smallest absolute Gasteiger partial charge is 0.318 e. The van der Waals surface area contributed by atoms with Gasteiger partial charge in [0.25, 0.3) is 0 Å². The van der Waals surface area contributed by atoms with Crippen LogP contribution in [0, 0.1) is 0 Å². The van der Waals surface area contributed by atoms with Crippen LogP contribution in [0.3, 0.4) is 0 Å². The van der Waals surface area contributed by atoms with Crippen LogP contribution < -0.4 is 10.6 Å². The van der Waals surface area contributed by atoms with Gasteiger partial charge in [-0.2, -0.15) is 0 Å². The van der Waals surface area contributed by atoms with Crippen molar-refractivity contribution in [3.8, 4) is 0 Å². The fourth-order valence-electron chi connectivity index (χ4n) is 3.40. The second-order valence-corrected chi connectivity index (χ2v) is 8.17. The topological polar surface area (TPSA) is 113 Å². The van der Waals surface area contributed by atoms with E-state index in [1.807, 2.05) is 6.07 Å². The number of rotatable bonds is 5. The molecule has 3 heterocycles. The quantitative estimate of drug-likeness (QED) is 0.658. The number of hydrogen-bond donors (Lipinski definition) is 2. The van der Waals surface area contributed by atoms with E-state index in [4.69, 9.17) is 5.73 Å². The number of pyridine rings is 1. The van der Waals surface area contributed by atoms with E-state index in [1.165, 1.54) is 11.3 Å². The number of fused-ring (bicyclic) bond motifs is 1. The molecular weight excluding hydrogens is 390 g/mol. The van der Waals surface area contributed by atoms with E-state index in [9.17, 15) is 14.7 Å². The molecule has 8 nitrogen and oxygen atoms in total. The highest BCUT2D eigenvalue weighted by atomic mass is 32.1. The Kier molecular flexibility index (Phi) is 5.16. The molecule has 0 bridgehead atoms. The molecule has 29 heavy (non-hydrogen) atoms. The number of amides is 1. The van der Waals surface area contributed by atoms with Gasteiger partial charge in [0.05, 0.1) is 10.2 Å². The van der Waals surface area contributed by atoms with Crippen molar-refractivity contribution in [3.05, 3.63) is 52.7 Å². The van der Waals surface area contributed by atoms with Gasteiger partial charge in [-0.25, -0.2) is 9.97 Å². The fourth-order valence-corrected chi connectivity index (χ4v) is 4.53. The number of benzene rings is 1. The molecule has 3 aromatic rings. The molecule has 1 saturated heterocycles. The monoisotopic (exact) mass is 411 g/mol. The fraction of sp³-hybridized carbons (Fsp3) is 0.300. The molecule has 1 aliphatic heterocycles. The zero-order chi connectivity index (χ0) is 20.5. The molecule has 1 atom stereocenters. The van der Waals surface area contributed by atoms with E-state index >= 15 is 0 Å². The van der Waals surface area contributed by atoms with Crippen LogP contribution in [-0.2, 0) is 4.79 Å². The Morgan fingerprint density at radius 2 is 1.93 bits per heavy atom. The number of likely N-dealkylation sites (N-methyl/N-ethyl adjacent to an activating group) is 1. The average Bonchev–Trinajstić information content (AvgIpc) is 3.11. The lowest BCUT2D eigenvalue weighted by Crippen LogP contribution is -2.44. The molecule has 4 rings (SSSR count). The highest BCUT2D eigenvalue weighted by Crippen LogP contribution is 2.33. The summed E-state index contributed by atoms with van der Waals surface area (Å²) in [6.45, 7) is 3.73. The van der Waals surface area contributed by atoms with Gasteiger partial charge in [-0.05, 0) is 36.9 Å². The number of hydrogen-bond acceptors (Lipinski definition) is 7. The molecule has 1 amide bonds. The Labute approximate surface area is 171 Å². The summed E-state index contributed by atoms with van der Waals surface area (Å²) in [4.78, 5) is 36.9. The van der Waals surface area contributed by atoms with E-state index in [2.05, 4.69) is 26.8 Å². The molecule has 0 radical (unpaired) electrons. The van der Waals surface area contributed by atoms with E-state index in [0.29, 0.717) is 21.7 Å². The minimum Gasteiger partial charge on any atom is -0.480 e. The van der Waals surface area contributed by atoms with Crippen LogP contribution in [0.4, 0.5) is 5.82 Å². The third-order valence-corrected chi connectivity index (χ3v) is 6.20.